The summed E-state index contributed by atoms with van der Waals surface area (Å²) in [4.78, 5) is 35.0. The van der Waals surface area contributed by atoms with Gasteiger partial charge in [-0.2, -0.15) is 0 Å². The molecule has 0 bridgehead atoms. The van der Waals surface area contributed by atoms with E-state index in [9.17, 15) is 19.5 Å². The van der Waals surface area contributed by atoms with Crippen molar-refractivity contribution in [2.24, 2.45) is 0 Å². The van der Waals surface area contributed by atoms with Gasteiger partial charge in [-0.25, -0.2) is 9.59 Å². The van der Waals surface area contributed by atoms with Crippen molar-refractivity contribution in [2.75, 3.05) is 11.1 Å². The molecule has 0 saturated carbocycles. The van der Waals surface area contributed by atoms with E-state index < -0.39 is 23.4 Å². The molecule has 3 aromatic rings. The molecule has 8 nitrogen and oxygen atoms in total. The van der Waals surface area contributed by atoms with E-state index in [2.05, 4.69) is 5.32 Å². The van der Waals surface area contributed by atoms with Crippen molar-refractivity contribution in [3.63, 3.8) is 0 Å². The summed E-state index contributed by atoms with van der Waals surface area (Å²) >= 11 is 0. The maximum Gasteiger partial charge on any atom is 0.336 e. The molecule has 0 aliphatic carbocycles. The fourth-order valence-electron chi connectivity index (χ4n) is 2.61. The largest absolute Gasteiger partial charge is 0.478 e. The average Bonchev–Trinajstić information content (AvgIpc) is 2.69. The number of nitrogens with one attached hydrogen (secondary N) is 1. The number of anilines is 2. The number of carbonyl (C=O) groups is 3. The van der Waals surface area contributed by atoms with Gasteiger partial charge in [-0.15, -0.1) is 0 Å². The standard InChI is InChI=1S/C21H16N2O6/c22-13-5-3-4-12(10-13)19(24)23-17-6-1-2-7-18(17)29-14-8-9-15(20(25)26)16(11-14)21(27)28/h1-11H,22H2,(H,23,24)(H,25,26)(H,27,28). The van der Waals surface area contributed by atoms with Crippen LogP contribution in [0.1, 0.15) is 31.1 Å². The van der Waals surface area contributed by atoms with Crippen LogP contribution in [0, 0.1) is 0 Å². The molecule has 0 fully saturated rings. The number of hydrogen-bond acceptors (Lipinski definition) is 5. The Balaban J connectivity index is 1.88. The molecule has 0 atom stereocenters. The third-order valence-corrected chi connectivity index (χ3v) is 3.96. The second kappa shape index (κ2) is 8.13. The molecule has 3 rings (SSSR count). The zero-order chi connectivity index (χ0) is 21.0. The van der Waals surface area contributed by atoms with Crippen molar-refractivity contribution in [1.82, 2.24) is 0 Å². The van der Waals surface area contributed by atoms with Crippen LogP contribution >= 0.6 is 0 Å². The van der Waals surface area contributed by atoms with Crippen molar-refractivity contribution >= 4 is 29.2 Å². The Morgan fingerprint density at radius 3 is 2.24 bits per heavy atom. The highest BCUT2D eigenvalue weighted by molar-refractivity contribution is 6.05. The first-order valence-corrected chi connectivity index (χ1v) is 8.39. The smallest absolute Gasteiger partial charge is 0.336 e. The van der Waals surface area contributed by atoms with Gasteiger partial charge in [0.1, 0.15) is 5.75 Å². The second-order valence-corrected chi connectivity index (χ2v) is 6.00. The van der Waals surface area contributed by atoms with Crippen molar-refractivity contribution in [2.45, 2.75) is 0 Å². The lowest BCUT2D eigenvalue weighted by Crippen LogP contribution is -2.13. The molecular formula is C21H16N2O6. The Hall–Kier alpha value is -4.33. The number of rotatable bonds is 6. The first kappa shape index (κ1) is 19.4. The van der Waals surface area contributed by atoms with Crippen LogP contribution in [0.5, 0.6) is 11.5 Å². The van der Waals surface area contributed by atoms with Gasteiger partial charge in [0.05, 0.1) is 16.8 Å². The molecule has 0 aliphatic rings. The van der Waals surface area contributed by atoms with E-state index in [1.54, 1.807) is 42.5 Å². The summed E-state index contributed by atoms with van der Waals surface area (Å²) in [5.74, 6) is -2.79. The van der Waals surface area contributed by atoms with Crippen molar-refractivity contribution in [3.8, 4) is 11.5 Å². The fraction of sp³-hybridized carbons (Fsp3) is 0. The zero-order valence-electron chi connectivity index (χ0n) is 15.0. The first-order valence-electron chi connectivity index (χ1n) is 8.39. The van der Waals surface area contributed by atoms with Gasteiger partial charge in [0.2, 0.25) is 0 Å². The minimum atomic E-state index is -1.39. The number of carboxylic acids is 2. The Bertz CT molecular complexity index is 1110. The number of carboxylic acid groups (broad SMARTS) is 2. The minimum Gasteiger partial charge on any atom is -0.478 e. The monoisotopic (exact) mass is 392 g/mol. The van der Waals surface area contributed by atoms with Gasteiger partial charge >= 0.3 is 11.9 Å². The van der Waals surface area contributed by atoms with Crippen LogP contribution in [-0.4, -0.2) is 28.1 Å². The molecule has 0 spiro atoms. The molecule has 0 aromatic heterocycles. The topological polar surface area (TPSA) is 139 Å². The third kappa shape index (κ3) is 4.51. The number of amides is 1. The zero-order valence-corrected chi connectivity index (χ0v) is 15.0. The van der Waals surface area contributed by atoms with E-state index in [0.29, 0.717) is 16.9 Å². The number of nitrogen functional groups attached to an aromatic ring is 1. The van der Waals surface area contributed by atoms with Gasteiger partial charge in [0.25, 0.3) is 5.91 Å². The molecule has 1 amide bonds. The van der Waals surface area contributed by atoms with Gasteiger partial charge in [-0.3, -0.25) is 4.79 Å². The quantitative estimate of drug-likeness (QED) is 0.469. The van der Waals surface area contributed by atoms with E-state index in [0.717, 1.165) is 12.1 Å². The summed E-state index contributed by atoms with van der Waals surface area (Å²) in [6.45, 7) is 0. The molecule has 3 aromatic carbocycles. The van der Waals surface area contributed by atoms with Crippen LogP contribution in [0.3, 0.4) is 0 Å². The lowest BCUT2D eigenvalue weighted by atomic mass is 10.1. The second-order valence-electron chi connectivity index (χ2n) is 6.00. The van der Waals surface area contributed by atoms with Crippen LogP contribution in [0.2, 0.25) is 0 Å². The molecule has 0 unspecified atom stereocenters. The van der Waals surface area contributed by atoms with E-state index in [4.69, 9.17) is 15.6 Å². The molecule has 29 heavy (non-hydrogen) atoms. The number of nitrogens with two attached hydrogens (primary N) is 1. The Morgan fingerprint density at radius 2 is 1.55 bits per heavy atom. The summed E-state index contributed by atoms with van der Waals surface area (Å²) in [7, 11) is 0. The van der Waals surface area contributed by atoms with Crippen molar-refractivity contribution in [1.29, 1.82) is 0 Å². The van der Waals surface area contributed by atoms with Crippen LogP contribution in [-0.2, 0) is 0 Å². The first-order chi connectivity index (χ1) is 13.8. The van der Waals surface area contributed by atoms with E-state index in [1.165, 1.54) is 12.1 Å². The van der Waals surface area contributed by atoms with Crippen molar-refractivity contribution < 1.29 is 29.3 Å². The third-order valence-electron chi connectivity index (χ3n) is 3.96. The molecule has 8 heteroatoms. The lowest BCUT2D eigenvalue weighted by Gasteiger charge is -2.13. The average molecular weight is 392 g/mol. The highest BCUT2D eigenvalue weighted by atomic mass is 16.5. The normalized spacial score (nSPS) is 10.2. The van der Waals surface area contributed by atoms with Crippen LogP contribution in [0.4, 0.5) is 11.4 Å². The minimum absolute atomic E-state index is 0.109. The predicted octanol–water partition coefficient (Wildman–Crippen LogP) is 3.71. The fourth-order valence-corrected chi connectivity index (χ4v) is 2.61. The Morgan fingerprint density at radius 1 is 0.828 bits per heavy atom. The molecule has 5 N–H and O–H groups in total. The SMILES string of the molecule is Nc1cccc(C(=O)Nc2ccccc2Oc2ccc(C(=O)O)c(C(=O)O)c2)c1. The number of ether oxygens (including phenoxy) is 1. The molecule has 0 saturated heterocycles. The predicted molar refractivity (Wildman–Crippen MR) is 106 cm³/mol. The van der Waals surface area contributed by atoms with Gasteiger partial charge in [-0.1, -0.05) is 18.2 Å². The number of benzene rings is 3. The van der Waals surface area contributed by atoms with Crippen LogP contribution in [0.25, 0.3) is 0 Å². The van der Waals surface area contributed by atoms with E-state index >= 15 is 0 Å². The Labute approximate surface area is 165 Å². The molecule has 146 valence electrons. The number of para-hydroxylation sites is 2. The highest BCUT2D eigenvalue weighted by Gasteiger charge is 2.18. The van der Waals surface area contributed by atoms with Crippen molar-refractivity contribution in [3.05, 3.63) is 83.4 Å². The summed E-state index contributed by atoms with van der Waals surface area (Å²) in [6, 6.07) is 16.6. The van der Waals surface area contributed by atoms with Gasteiger partial charge in [0.15, 0.2) is 5.75 Å². The number of hydrogen-bond donors (Lipinski definition) is 4. The summed E-state index contributed by atoms with van der Waals surface area (Å²) in [6.07, 6.45) is 0. The number of aromatic carboxylic acids is 2. The number of carbonyl (C=O) groups excluding carboxylic acids is 1. The summed E-state index contributed by atoms with van der Waals surface area (Å²) in [5.41, 5.74) is 6.09. The van der Waals surface area contributed by atoms with E-state index in [1.807, 2.05) is 0 Å². The van der Waals surface area contributed by atoms with Crippen LogP contribution in [0.15, 0.2) is 66.7 Å². The van der Waals surface area contributed by atoms with Gasteiger partial charge in [0, 0.05) is 11.3 Å². The molecule has 0 aliphatic heterocycles. The maximum atomic E-state index is 12.5. The highest BCUT2D eigenvalue weighted by Crippen LogP contribution is 2.31. The molecular weight excluding hydrogens is 376 g/mol. The van der Waals surface area contributed by atoms with Gasteiger partial charge in [-0.05, 0) is 48.5 Å². The lowest BCUT2D eigenvalue weighted by molar-refractivity contribution is 0.0651. The van der Waals surface area contributed by atoms with Gasteiger partial charge < -0.3 is 26.0 Å². The summed E-state index contributed by atoms with van der Waals surface area (Å²) in [5, 5.41) is 21.1. The Kier molecular flexibility index (Phi) is 5.45. The van der Waals surface area contributed by atoms with Crippen LogP contribution < -0.4 is 15.8 Å². The maximum absolute atomic E-state index is 12.5. The summed E-state index contributed by atoms with van der Waals surface area (Å²) < 4.78 is 5.70. The molecule has 0 heterocycles. The van der Waals surface area contributed by atoms with E-state index in [-0.39, 0.29) is 17.1 Å². The molecule has 0 radical (unpaired) electrons.